The molecule has 0 amide bonds. The molecule has 0 fully saturated rings. The van der Waals surface area contributed by atoms with Crippen LogP contribution in [0.25, 0.3) is 50.6 Å². The Morgan fingerprint density at radius 2 is 1.59 bits per heavy atom. The minimum absolute atomic E-state index is 0.195. The number of phenolic OH excluding ortho intramolecular Hbond substituents is 1. The Labute approximate surface area is 183 Å². The van der Waals surface area contributed by atoms with E-state index in [1.54, 1.807) is 12.1 Å². The van der Waals surface area contributed by atoms with Crippen LogP contribution in [0.4, 0.5) is 0 Å². The SMILES string of the molecule is Oc1ccccc1-c1cc(-c2cn(-c3ccccc3)nc2-c2cc3ccccc3o2)n[nH]1. The van der Waals surface area contributed by atoms with Crippen LogP contribution in [-0.4, -0.2) is 25.1 Å². The molecule has 0 saturated carbocycles. The van der Waals surface area contributed by atoms with Gasteiger partial charge in [0, 0.05) is 17.1 Å². The van der Waals surface area contributed by atoms with Crippen molar-refractivity contribution in [3.63, 3.8) is 0 Å². The van der Waals surface area contributed by atoms with Gasteiger partial charge >= 0.3 is 0 Å². The summed E-state index contributed by atoms with van der Waals surface area (Å²) in [6.45, 7) is 0. The van der Waals surface area contributed by atoms with Crippen LogP contribution in [-0.2, 0) is 0 Å². The molecule has 0 aliphatic carbocycles. The molecule has 154 valence electrons. The molecule has 0 aliphatic heterocycles. The number of benzene rings is 3. The maximum atomic E-state index is 10.2. The van der Waals surface area contributed by atoms with E-state index in [1.165, 1.54) is 0 Å². The molecule has 3 aromatic heterocycles. The molecule has 0 saturated heterocycles. The van der Waals surface area contributed by atoms with Gasteiger partial charge in [-0.15, -0.1) is 0 Å². The Morgan fingerprint density at radius 3 is 2.44 bits per heavy atom. The number of nitrogens with zero attached hydrogens (tertiary/aromatic N) is 3. The summed E-state index contributed by atoms with van der Waals surface area (Å²) in [5.41, 5.74) is 5.38. The predicted octanol–water partition coefficient (Wildman–Crippen LogP) is 6.05. The van der Waals surface area contributed by atoms with E-state index in [1.807, 2.05) is 89.7 Å². The molecule has 0 radical (unpaired) electrons. The van der Waals surface area contributed by atoms with E-state index >= 15 is 0 Å². The van der Waals surface area contributed by atoms with Gasteiger partial charge in [-0.3, -0.25) is 5.10 Å². The fourth-order valence-corrected chi connectivity index (χ4v) is 3.85. The number of para-hydroxylation sites is 3. The van der Waals surface area contributed by atoms with Crippen molar-refractivity contribution >= 4 is 11.0 Å². The molecule has 0 spiro atoms. The lowest BCUT2D eigenvalue weighted by Gasteiger charge is -1.99. The molecular formula is C26H18N4O2. The first-order valence-electron chi connectivity index (χ1n) is 10.2. The van der Waals surface area contributed by atoms with Crippen molar-refractivity contribution in [3.05, 3.63) is 97.2 Å². The van der Waals surface area contributed by atoms with E-state index in [4.69, 9.17) is 9.52 Å². The van der Waals surface area contributed by atoms with Crippen LogP contribution in [0.2, 0.25) is 0 Å². The molecule has 6 rings (SSSR count). The molecule has 2 N–H and O–H groups in total. The lowest BCUT2D eigenvalue weighted by Crippen LogP contribution is -1.93. The lowest BCUT2D eigenvalue weighted by atomic mass is 10.1. The highest BCUT2D eigenvalue weighted by molar-refractivity contribution is 5.86. The van der Waals surface area contributed by atoms with Crippen molar-refractivity contribution in [2.45, 2.75) is 0 Å². The summed E-state index contributed by atoms with van der Waals surface area (Å²) >= 11 is 0. The predicted molar refractivity (Wildman–Crippen MR) is 123 cm³/mol. The number of nitrogens with one attached hydrogen (secondary N) is 1. The monoisotopic (exact) mass is 418 g/mol. The molecule has 0 atom stereocenters. The van der Waals surface area contributed by atoms with Gasteiger partial charge in [-0.1, -0.05) is 48.5 Å². The van der Waals surface area contributed by atoms with Gasteiger partial charge in [-0.05, 0) is 42.5 Å². The van der Waals surface area contributed by atoms with Gasteiger partial charge in [-0.25, -0.2) is 4.68 Å². The molecule has 32 heavy (non-hydrogen) atoms. The molecule has 6 nitrogen and oxygen atoms in total. The largest absolute Gasteiger partial charge is 0.507 e. The molecule has 6 heteroatoms. The number of furan rings is 1. The third-order valence-corrected chi connectivity index (χ3v) is 5.44. The van der Waals surface area contributed by atoms with Gasteiger partial charge in [0.1, 0.15) is 17.0 Å². The number of H-pyrrole nitrogens is 1. The molecule has 0 aliphatic rings. The van der Waals surface area contributed by atoms with Gasteiger partial charge in [0.05, 0.1) is 22.6 Å². The van der Waals surface area contributed by atoms with Crippen LogP contribution in [0.15, 0.2) is 102 Å². The minimum atomic E-state index is 0.195. The van der Waals surface area contributed by atoms with E-state index in [-0.39, 0.29) is 5.75 Å². The van der Waals surface area contributed by atoms with Crippen LogP contribution in [0.3, 0.4) is 0 Å². The van der Waals surface area contributed by atoms with Crippen molar-refractivity contribution in [1.82, 2.24) is 20.0 Å². The van der Waals surface area contributed by atoms with Gasteiger partial charge < -0.3 is 9.52 Å². The maximum absolute atomic E-state index is 10.2. The summed E-state index contributed by atoms with van der Waals surface area (Å²) in [5, 5.41) is 23.6. The number of rotatable bonds is 4. The first-order chi connectivity index (χ1) is 15.8. The van der Waals surface area contributed by atoms with E-state index in [0.717, 1.165) is 27.9 Å². The number of phenols is 1. The van der Waals surface area contributed by atoms with E-state index < -0.39 is 0 Å². The second-order valence-electron chi connectivity index (χ2n) is 7.50. The third kappa shape index (κ3) is 3.06. The normalized spacial score (nSPS) is 11.2. The highest BCUT2D eigenvalue weighted by Gasteiger charge is 2.20. The Balaban J connectivity index is 1.52. The minimum Gasteiger partial charge on any atom is -0.507 e. The van der Waals surface area contributed by atoms with Crippen LogP contribution in [0.5, 0.6) is 5.75 Å². The summed E-state index contributed by atoms with van der Waals surface area (Å²) in [6.07, 6.45) is 1.95. The number of hydrogen-bond donors (Lipinski definition) is 2. The summed E-state index contributed by atoms with van der Waals surface area (Å²) < 4.78 is 7.95. The zero-order valence-electron chi connectivity index (χ0n) is 16.9. The zero-order chi connectivity index (χ0) is 21.5. The number of hydrogen-bond acceptors (Lipinski definition) is 4. The van der Waals surface area contributed by atoms with Gasteiger partial charge in [0.2, 0.25) is 0 Å². The second kappa shape index (κ2) is 7.28. The lowest BCUT2D eigenvalue weighted by molar-refractivity contribution is 0.477. The molecule has 0 bridgehead atoms. The highest BCUT2D eigenvalue weighted by Crippen LogP contribution is 2.36. The van der Waals surface area contributed by atoms with Crippen molar-refractivity contribution in [2.24, 2.45) is 0 Å². The smallest absolute Gasteiger partial charge is 0.156 e. The fraction of sp³-hybridized carbons (Fsp3) is 0. The van der Waals surface area contributed by atoms with E-state index in [0.29, 0.717) is 22.7 Å². The first-order valence-corrected chi connectivity index (χ1v) is 10.2. The van der Waals surface area contributed by atoms with Gasteiger partial charge in [0.15, 0.2) is 5.76 Å². The van der Waals surface area contributed by atoms with Crippen LogP contribution in [0, 0.1) is 0 Å². The Kier molecular flexibility index (Phi) is 4.14. The van der Waals surface area contributed by atoms with E-state index in [2.05, 4.69) is 10.2 Å². The number of fused-ring (bicyclic) bond motifs is 1. The van der Waals surface area contributed by atoms with Crippen LogP contribution in [0.1, 0.15) is 0 Å². The topological polar surface area (TPSA) is 79.9 Å². The van der Waals surface area contributed by atoms with Crippen molar-refractivity contribution < 1.29 is 9.52 Å². The highest BCUT2D eigenvalue weighted by atomic mass is 16.3. The Bertz CT molecular complexity index is 1510. The van der Waals surface area contributed by atoms with Crippen molar-refractivity contribution in [2.75, 3.05) is 0 Å². The standard InChI is InChI=1S/C26H18N4O2/c31-23-12-6-5-11-19(23)21-15-22(28-27-21)20-16-30(18-9-2-1-3-10-18)29-26(20)25-14-17-8-4-7-13-24(17)32-25/h1-16,31H,(H,27,28). The van der Waals surface area contributed by atoms with Crippen LogP contribution < -0.4 is 0 Å². The maximum Gasteiger partial charge on any atom is 0.156 e. The zero-order valence-corrected chi connectivity index (χ0v) is 16.9. The summed E-state index contributed by atoms with van der Waals surface area (Å²) in [7, 11) is 0. The summed E-state index contributed by atoms with van der Waals surface area (Å²) in [5.74, 6) is 0.864. The Morgan fingerprint density at radius 1 is 0.812 bits per heavy atom. The fourth-order valence-electron chi connectivity index (χ4n) is 3.85. The molecule has 3 aromatic carbocycles. The quantitative estimate of drug-likeness (QED) is 0.365. The average molecular weight is 418 g/mol. The van der Waals surface area contributed by atoms with Crippen LogP contribution >= 0.6 is 0 Å². The average Bonchev–Trinajstić information content (AvgIpc) is 3.57. The first kappa shape index (κ1) is 18.2. The second-order valence-corrected chi connectivity index (χ2v) is 7.50. The van der Waals surface area contributed by atoms with E-state index in [9.17, 15) is 5.11 Å². The molecular weight excluding hydrogens is 400 g/mol. The number of aromatic nitrogens is 4. The molecule has 0 unspecified atom stereocenters. The summed E-state index contributed by atoms with van der Waals surface area (Å²) in [4.78, 5) is 0. The molecule has 3 heterocycles. The third-order valence-electron chi connectivity index (χ3n) is 5.44. The number of aromatic hydroxyl groups is 1. The Hall–Kier alpha value is -4.58. The van der Waals surface area contributed by atoms with Gasteiger partial charge in [-0.2, -0.15) is 10.2 Å². The summed E-state index contributed by atoms with van der Waals surface area (Å²) in [6, 6.07) is 28.9. The van der Waals surface area contributed by atoms with Crippen molar-refractivity contribution in [3.8, 4) is 45.4 Å². The van der Waals surface area contributed by atoms with Gasteiger partial charge in [0.25, 0.3) is 0 Å². The van der Waals surface area contributed by atoms with Crippen molar-refractivity contribution in [1.29, 1.82) is 0 Å². The molecule has 6 aromatic rings. The number of aromatic amines is 1.